The molecule has 8 nitrogen and oxygen atoms in total. The first-order chi connectivity index (χ1) is 11.6. The number of piperidine rings is 1. The van der Waals surface area contributed by atoms with Crippen LogP contribution >= 0.6 is 0 Å². The van der Waals surface area contributed by atoms with Gasteiger partial charge < -0.3 is 14.9 Å². The van der Waals surface area contributed by atoms with Gasteiger partial charge in [0, 0.05) is 31.2 Å². The molecule has 1 fully saturated rings. The number of carboxylic acids is 1. The van der Waals surface area contributed by atoms with Gasteiger partial charge in [0.25, 0.3) is 5.91 Å². The topological polar surface area (TPSA) is 107 Å². The minimum absolute atomic E-state index is 0.0944. The molecule has 1 unspecified atom stereocenters. The highest BCUT2D eigenvalue weighted by Gasteiger charge is 2.29. The van der Waals surface area contributed by atoms with Gasteiger partial charge >= 0.3 is 5.97 Å². The minimum Gasteiger partial charge on any atom is -0.481 e. The molecule has 0 aromatic carbocycles. The van der Waals surface area contributed by atoms with E-state index in [1.165, 1.54) is 9.80 Å². The van der Waals surface area contributed by atoms with Crippen molar-refractivity contribution in [3.05, 3.63) is 17.5 Å². The third-order valence-electron chi connectivity index (χ3n) is 4.45. The van der Waals surface area contributed by atoms with Crippen molar-refractivity contribution in [2.45, 2.75) is 39.0 Å². The molecule has 2 heterocycles. The third-order valence-corrected chi connectivity index (χ3v) is 4.45. The van der Waals surface area contributed by atoms with Gasteiger partial charge in [-0.2, -0.15) is 5.10 Å². The summed E-state index contributed by atoms with van der Waals surface area (Å²) in [6.07, 6.45) is 1.24. The number of carboxylic acid groups (broad SMARTS) is 1. The Morgan fingerprint density at radius 3 is 2.64 bits per heavy atom. The highest BCUT2D eigenvalue weighted by molar-refractivity contribution is 5.95. The molecule has 1 atom stereocenters. The highest BCUT2D eigenvalue weighted by atomic mass is 16.4. The molecular formula is C17H26N4O4. The van der Waals surface area contributed by atoms with Crippen LogP contribution in [0.4, 0.5) is 0 Å². The molecule has 138 valence electrons. The summed E-state index contributed by atoms with van der Waals surface area (Å²) in [5.74, 6) is -1.99. The first-order valence-corrected chi connectivity index (χ1v) is 8.41. The molecule has 2 rings (SSSR count). The van der Waals surface area contributed by atoms with E-state index in [4.69, 9.17) is 5.11 Å². The Bertz CT molecular complexity index is 662. The second-order valence-corrected chi connectivity index (χ2v) is 7.60. The van der Waals surface area contributed by atoms with E-state index in [0.717, 1.165) is 5.69 Å². The fourth-order valence-corrected chi connectivity index (χ4v) is 2.79. The van der Waals surface area contributed by atoms with Crippen LogP contribution in [-0.2, 0) is 15.0 Å². The molecular weight excluding hydrogens is 324 g/mol. The van der Waals surface area contributed by atoms with Crippen LogP contribution in [0.15, 0.2) is 6.07 Å². The van der Waals surface area contributed by atoms with Crippen LogP contribution in [0.5, 0.6) is 0 Å². The maximum atomic E-state index is 12.5. The van der Waals surface area contributed by atoms with Crippen molar-refractivity contribution in [2.24, 2.45) is 5.92 Å². The Hall–Kier alpha value is -2.38. The fraction of sp³-hybridized carbons (Fsp3) is 0.647. The Kier molecular flexibility index (Phi) is 5.49. The molecule has 0 spiro atoms. The molecule has 0 radical (unpaired) electrons. The Morgan fingerprint density at radius 2 is 2.08 bits per heavy atom. The SMILES string of the molecule is CN(CC(=O)N1CCCC(C(=O)O)C1)C(=O)c1cc(C(C)(C)C)[nH]n1. The Labute approximate surface area is 147 Å². The molecule has 8 heteroatoms. The number of likely N-dealkylation sites (N-methyl/N-ethyl adjacent to an activating group) is 1. The number of aromatic amines is 1. The first-order valence-electron chi connectivity index (χ1n) is 8.41. The van der Waals surface area contributed by atoms with Crippen molar-refractivity contribution in [2.75, 3.05) is 26.7 Å². The van der Waals surface area contributed by atoms with Crippen molar-refractivity contribution in [1.29, 1.82) is 0 Å². The van der Waals surface area contributed by atoms with Gasteiger partial charge in [-0.3, -0.25) is 19.5 Å². The maximum Gasteiger partial charge on any atom is 0.308 e. The Morgan fingerprint density at radius 1 is 1.40 bits per heavy atom. The van der Waals surface area contributed by atoms with Crippen molar-refractivity contribution < 1.29 is 19.5 Å². The number of aromatic nitrogens is 2. The van der Waals surface area contributed by atoms with Crippen molar-refractivity contribution >= 4 is 17.8 Å². The number of H-pyrrole nitrogens is 1. The lowest BCUT2D eigenvalue weighted by Gasteiger charge is -2.31. The van der Waals surface area contributed by atoms with E-state index in [0.29, 0.717) is 19.4 Å². The molecule has 1 aliphatic rings. The largest absolute Gasteiger partial charge is 0.481 e. The number of carbonyl (C=O) groups excluding carboxylic acids is 2. The molecule has 0 aliphatic carbocycles. The zero-order valence-electron chi connectivity index (χ0n) is 15.2. The predicted octanol–water partition coefficient (Wildman–Crippen LogP) is 1.10. The lowest BCUT2D eigenvalue weighted by molar-refractivity contribution is -0.145. The van der Waals surface area contributed by atoms with Gasteiger partial charge in [0.1, 0.15) is 5.69 Å². The third kappa shape index (κ3) is 4.58. The quantitative estimate of drug-likeness (QED) is 0.846. The van der Waals surface area contributed by atoms with E-state index in [1.54, 1.807) is 13.1 Å². The number of likely N-dealkylation sites (tertiary alicyclic amines) is 1. The van der Waals surface area contributed by atoms with Crippen LogP contribution in [0.1, 0.15) is 49.8 Å². The maximum absolute atomic E-state index is 12.5. The molecule has 0 saturated carbocycles. The number of carbonyl (C=O) groups is 3. The van der Waals surface area contributed by atoms with Gasteiger partial charge in [-0.15, -0.1) is 0 Å². The average Bonchev–Trinajstić information content (AvgIpc) is 3.04. The zero-order chi connectivity index (χ0) is 18.8. The van der Waals surface area contributed by atoms with E-state index in [2.05, 4.69) is 10.2 Å². The summed E-state index contributed by atoms with van der Waals surface area (Å²) in [4.78, 5) is 38.8. The summed E-state index contributed by atoms with van der Waals surface area (Å²) >= 11 is 0. The predicted molar refractivity (Wildman–Crippen MR) is 91.2 cm³/mol. The van der Waals surface area contributed by atoms with E-state index in [1.807, 2.05) is 20.8 Å². The second kappa shape index (κ2) is 7.25. The number of aliphatic carboxylic acids is 1. The van der Waals surface area contributed by atoms with Gasteiger partial charge in [-0.05, 0) is 18.9 Å². The summed E-state index contributed by atoms with van der Waals surface area (Å²) in [6, 6.07) is 1.70. The monoisotopic (exact) mass is 350 g/mol. The molecule has 25 heavy (non-hydrogen) atoms. The van der Waals surface area contributed by atoms with Crippen LogP contribution in [0, 0.1) is 5.92 Å². The van der Waals surface area contributed by atoms with Crippen LogP contribution in [-0.4, -0.2) is 69.6 Å². The first kappa shape index (κ1) is 19.0. The van der Waals surface area contributed by atoms with Crippen molar-refractivity contribution in [3.8, 4) is 0 Å². The summed E-state index contributed by atoms with van der Waals surface area (Å²) in [5, 5.41) is 16.0. The highest BCUT2D eigenvalue weighted by Crippen LogP contribution is 2.21. The molecule has 1 aliphatic heterocycles. The van der Waals surface area contributed by atoms with E-state index in [9.17, 15) is 14.4 Å². The van der Waals surface area contributed by atoms with Gasteiger partial charge in [0.15, 0.2) is 0 Å². The number of hydrogen-bond donors (Lipinski definition) is 2. The smallest absolute Gasteiger partial charge is 0.308 e. The number of amides is 2. The molecule has 1 aromatic heterocycles. The number of hydrogen-bond acceptors (Lipinski definition) is 4. The molecule has 1 saturated heterocycles. The number of nitrogens with zero attached hydrogens (tertiary/aromatic N) is 3. The van der Waals surface area contributed by atoms with Crippen LogP contribution in [0.3, 0.4) is 0 Å². The van der Waals surface area contributed by atoms with Gasteiger partial charge in [0.05, 0.1) is 12.5 Å². The fourth-order valence-electron chi connectivity index (χ4n) is 2.79. The van der Waals surface area contributed by atoms with E-state index < -0.39 is 11.9 Å². The summed E-state index contributed by atoms with van der Waals surface area (Å²) in [7, 11) is 1.55. The van der Waals surface area contributed by atoms with Crippen LogP contribution < -0.4 is 0 Å². The number of nitrogens with one attached hydrogen (secondary N) is 1. The second-order valence-electron chi connectivity index (χ2n) is 7.60. The summed E-state index contributed by atoms with van der Waals surface area (Å²) in [6.45, 7) is 6.67. The lowest BCUT2D eigenvalue weighted by Crippen LogP contribution is -2.47. The summed E-state index contributed by atoms with van der Waals surface area (Å²) in [5.41, 5.74) is 0.956. The van der Waals surface area contributed by atoms with Crippen molar-refractivity contribution in [1.82, 2.24) is 20.0 Å². The van der Waals surface area contributed by atoms with Gasteiger partial charge in [-0.25, -0.2) is 0 Å². The normalized spacial score (nSPS) is 18.1. The van der Waals surface area contributed by atoms with E-state index in [-0.39, 0.29) is 36.0 Å². The Balaban J connectivity index is 1.97. The average molecular weight is 350 g/mol. The lowest BCUT2D eigenvalue weighted by atomic mass is 9.92. The number of rotatable bonds is 4. The molecule has 1 aromatic rings. The zero-order valence-corrected chi connectivity index (χ0v) is 15.2. The molecule has 2 N–H and O–H groups in total. The van der Waals surface area contributed by atoms with Crippen LogP contribution in [0.2, 0.25) is 0 Å². The molecule has 2 amide bonds. The minimum atomic E-state index is -0.881. The summed E-state index contributed by atoms with van der Waals surface area (Å²) < 4.78 is 0. The van der Waals surface area contributed by atoms with Gasteiger partial charge in [0.2, 0.25) is 5.91 Å². The van der Waals surface area contributed by atoms with Crippen LogP contribution in [0.25, 0.3) is 0 Å². The molecule has 0 bridgehead atoms. The van der Waals surface area contributed by atoms with Gasteiger partial charge in [-0.1, -0.05) is 20.8 Å². The standard InChI is InChI=1S/C17H26N4O4/c1-17(2,3)13-8-12(18-19-13)15(23)20(4)10-14(22)21-7-5-6-11(9-21)16(24)25/h8,11H,5-7,9-10H2,1-4H3,(H,18,19)(H,24,25). The van der Waals surface area contributed by atoms with E-state index >= 15 is 0 Å². The van der Waals surface area contributed by atoms with Crippen molar-refractivity contribution in [3.63, 3.8) is 0 Å².